The average Bonchev–Trinajstić information content (AvgIpc) is 2.32. The summed E-state index contributed by atoms with van der Waals surface area (Å²) >= 11 is 0. The molecule has 4 N–H and O–H groups in total. The minimum absolute atomic E-state index is 0.0536. The van der Waals surface area contributed by atoms with Gasteiger partial charge >= 0.3 is 0 Å². The van der Waals surface area contributed by atoms with Gasteiger partial charge in [0.25, 0.3) is 5.91 Å². The molecule has 1 aromatic heterocycles. The predicted octanol–water partition coefficient (Wildman–Crippen LogP) is -0.627. The van der Waals surface area contributed by atoms with Crippen molar-refractivity contribution in [3.8, 4) is 0 Å². The first-order chi connectivity index (χ1) is 5.16. The van der Waals surface area contributed by atoms with E-state index in [1.165, 1.54) is 10.9 Å². The van der Waals surface area contributed by atoms with Crippen molar-refractivity contribution >= 4 is 11.6 Å². The van der Waals surface area contributed by atoms with Gasteiger partial charge in [0.1, 0.15) is 0 Å². The molecule has 1 heterocycles. The lowest BCUT2D eigenvalue weighted by Crippen LogP contribution is -2.23. The van der Waals surface area contributed by atoms with Crippen LogP contribution >= 0.6 is 0 Å². The molecule has 0 radical (unpaired) electrons. The molecule has 60 valence electrons. The summed E-state index contributed by atoms with van der Waals surface area (Å²) in [6.07, 6.45) is 1.43. The van der Waals surface area contributed by atoms with E-state index < -0.39 is 0 Å². The van der Waals surface area contributed by atoms with Crippen molar-refractivity contribution in [1.82, 2.24) is 9.78 Å². The average molecular weight is 154 g/mol. The van der Waals surface area contributed by atoms with Gasteiger partial charge in [0.2, 0.25) is 0 Å². The number of hydrogen-bond acceptors (Lipinski definition) is 4. The van der Waals surface area contributed by atoms with Crippen molar-refractivity contribution in [2.75, 3.05) is 12.3 Å². The Bertz CT molecular complexity index is 278. The summed E-state index contributed by atoms with van der Waals surface area (Å²) in [6, 6.07) is 0. The van der Waals surface area contributed by atoms with Gasteiger partial charge in [-0.25, -0.2) is 4.68 Å². The van der Waals surface area contributed by atoms with Crippen LogP contribution in [0.25, 0.3) is 0 Å². The molecule has 0 saturated heterocycles. The van der Waals surface area contributed by atoms with E-state index in [-0.39, 0.29) is 12.5 Å². The molecule has 5 nitrogen and oxygen atoms in total. The topological polar surface area (TPSA) is 86.9 Å². The summed E-state index contributed by atoms with van der Waals surface area (Å²) in [5.74, 6) is -0.251. The van der Waals surface area contributed by atoms with Crippen molar-refractivity contribution in [1.29, 1.82) is 0 Å². The van der Waals surface area contributed by atoms with E-state index in [1.807, 2.05) is 0 Å². The Morgan fingerprint density at radius 3 is 2.82 bits per heavy atom. The molecule has 11 heavy (non-hydrogen) atoms. The minimum atomic E-state index is -0.251. The van der Waals surface area contributed by atoms with Crippen LogP contribution in [0.2, 0.25) is 0 Å². The van der Waals surface area contributed by atoms with Gasteiger partial charge in [0, 0.05) is 0 Å². The molecule has 0 spiro atoms. The number of carbonyl (C=O) groups excluding carboxylic acids is 1. The lowest BCUT2D eigenvalue weighted by atomic mass is 10.4. The first kappa shape index (κ1) is 7.74. The zero-order valence-corrected chi connectivity index (χ0v) is 6.24. The molecule has 0 aliphatic carbocycles. The molecular formula is C6H10N4O. The zero-order chi connectivity index (χ0) is 8.43. The highest BCUT2D eigenvalue weighted by molar-refractivity contribution is 5.81. The van der Waals surface area contributed by atoms with E-state index in [0.29, 0.717) is 11.4 Å². The Morgan fingerprint density at radius 1 is 1.82 bits per heavy atom. The fourth-order valence-electron chi connectivity index (χ4n) is 0.760. The third kappa shape index (κ3) is 1.22. The van der Waals surface area contributed by atoms with Crippen molar-refractivity contribution in [2.24, 2.45) is 5.73 Å². The van der Waals surface area contributed by atoms with Gasteiger partial charge in [0.15, 0.2) is 0 Å². The first-order valence-electron chi connectivity index (χ1n) is 3.20. The third-order valence-corrected chi connectivity index (χ3v) is 1.46. The summed E-state index contributed by atoms with van der Waals surface area (Å²) in [5.41, 5.74) is 11.7. The Balaban J connectivity index is 3.04. The van der Waals surface area contributed by atoms with Gasteiger partial charge in [-0.2, -0.15) is 5.10 Å². The van der Waals surface area contributed by atoms with Crippen molar-refractivity contribution in [3.63, 3.8) is 0 Å². The summed E-state index contributed by atoms with van der Waals surface area (Å²) < 4.78 is 1.20. The number of aromatic nitrogens is 2. The van der Waals surface area contributed by atoms with Gasteiger partial charge in [-0.1, -0.05) is 0 Å². The van der Waals surface area contributed by atoms with Crippen LogP contribution in [0, 0.1) is 6.92 Å². The third-order valence-electron chi connectivity index (χ3n) is 1.46. The molecule has 0 aromatic carbocycles. The summed E-state index contributed by atoms with van der Waals surface area (Å²) in [4.78, 5) is 11.0. The molecule has 0 fully saturated rings. The SMILES string of the molecule is Cc1c(N)cnn1C(=O)CN. The smallest absolute Gasteiger partial charge is 0.260 e. The van der Waals surface area contributed by atoms with Gasteiger partial charge in [-0.05, 0) is 6.92 Å². The Kier molecular flexibility index (Phi) is 1.91. The lowest BCUT2D eigenvalue weighted by molar-refractivity contribution is 0.0905. The molecule has 0 atom stereocenters. The van der Waals surface area contributed by atoms with Crippen LogP contribution in [0.4, 0.5) is 5.69 Å². The quantitative estimate of drug-likeness (QED) is 0.564. The van der Waals surface area contributed by atoms with E-state index in [9.17, 15) is 4.79 Å². The van der Waals surface area contributed by atoms with E-state index in [1.54, 1.807) is 6.92 Å². The first-order valence-corrected chi connectivity index (χ1v) is 3.20. The van der Waals surface area contributed by atoms with Crippen LogP contribution in [0.15, 0.2) is 6.20 Å². The second kappa shape index (κ2) is 2.71. The Labute approximate surface area is 64.0 Å². The second-order valence-electron chi connectivity index (χ2n) is 2.19. The summed E-state index contributed by atoms with van der Waals surface area (Å²) in [5, 5.41) is 3.75. The van der Waals surface area contributed by atoms with Gasteiger partial charge < -0.3 is 11.5 Å². The van der Waals surface area contributed by atoms with Gasteiger partial charge in [-0.3, -0.25) is 4.79 Å². The molecule has 5 heteroatoms. The molecule has 0 saturated carbocycles. The van der Waals surface area contributed by atoms with Crippen molar-refractivity contribution < 1.29 is 4.79 Å². The maximum atomic E-state index is 11.0. The van der Waals surface area contributed by atoms with Crippen LogP contribution in [-0.4, -0.2) is 22.2 Å². The summed E-state index contributed by atoms with van der Waals surface area (Å²) in [6.45, 7) is 1.66. The number of nitrogen functional groups attached to an aromatic ring is 1. The fraction of sp³-hybridized carbons (Fsp3) is 0.333. The molecule has 1 aromatic rings. The van der Waals surface area contributed by atoms with Crippen LogP contribution in [0.3, 0.4) is 0 Å². The normalized spacial score (nSPS) is 10.0. The predicted molar refractivity (Wildman–Crippen MR) is 41.1 cm³/mol. The number of nitrogens with zero attached hydrogens (tertiary/aromatic N) is 2. The lowest BCUT2D eigenvalue weighted by Gasteiger charge is -1.98. The molecule has 0 bridgehead atoms. The highest BCUT2D eigenvalue weighted by Crippen LogP contribution is 2.07. The Morgan fingerprint density at radius 2 is 2.45 bits per heavy atom. The highest BCUT2D eigenvalue weighted by Gasteiger charge is 2.08. The molecule has 0 aliphatic heterocycles. The molecule has 0 amide bonds. The van der Waals surface area contributed by atoms with Crippen molar-refractivity contribution in [3.05, 3.63) is 11.9 Å². The zero-order valence-electron chi connectivity index (χ0n) is 6.24. The monoisotopic (exact) mass is 154 g/mol. The largest absolute Gasteiger partial charge is 0.396 e. The van der Waals surface area contributed by atoms with E-state index >= 15 is 0 Å². The van der Waals surface area contributed by atoms with Crippen molar-refractivity contribution in [2.45, 2.75) is 6.92 Å². The number of hydrogen-bond donors (Lipinski definition) is 2. The van der Waals surface area contributed by atoms with E-state index in [0.717, 1.165) is 0 Å². The minimum Gasteiger partial charge on any atom is -0.396 e. The Hall–Kier alpha value is -1.36. The maximum absolute atomic E-state index is 11.0. The number of rotatable bonds is 1. The maximum Gasteiger partial charge on any atom is 0.260 e. The van der Waals surface area contributed by atoms with Crippen LogP contribution in [0.1, 0.15) is 10.5 Å². The van der Waals surface area contributed by atoms with Crippen LogP contribution < -0.4 is 11.5 Å². The number of carbonyl (C=O) groups is 1. The molecule has 1 rings (SSSR count). The highest BCUT2D eigenvalue weighted by atomic mass is 16.2. The number of nitrogens with two attached hydrogens (primary N) is 2. The molecule has 0 unspecified atom stereocenters. The molecular weight excluding hydrogens is 144 g/mol. The second-order valence-corrected chi connectivity index (χ2v) is 2.19. The molecule has 0 aliphatic rings. The van der Waals surface area contributed by atoms with Crippen LogP contribution in [0.5, 0.6) is 0 Å². The standard InChI is InChI=1S/C6H10N4O/c1-4-5(8)3-9-10(4)6(11)2-7/h3H,2,7-8H2,1H3. The van der Waals surface area contributed by atoms with E-state index in [4.69, 9.17) is 11.5 Å². The number of anilines is 1. The van der Waals surface area contributed by atoms with E-state index in [2.05, 4.69) is 5.10 Å². The fourth-order valence-corrected chi connectivity index (χ4v) is 0.760. The summed E-state index contributed by atoms with van der Waals surface area (Å²) in [7, 11) is 0. The van der Waals surface area contributed by atoms with Gasteiger partial charge in [0.05, 0.1) is 24.1 Å². The van der Waals surface area contributed by atoms with Gasteiger partial charge in [-0.15, -0.1) is 0 Å². The van der Waals surface area contributed by atoms with Crippen LogP contribution in [-0.2, 0) is 0 Å².